The predicted octanol–water partition coefficient (Wildman–Crippen LogP) is 1.29. The molecule has 3 rings (SSSR count). The lowest BCUT2D eigenvalue weighted by atomic mass is 9.93. The molecule has 2 saturated carbocycles. The number of anilines is 1. The summed E-state index contributed by atoms with van der Waals surface area (Å²) in [7, 11) is 0. The van der Waals surface area contributed by atoms with E-state index in [4.69, 9.17) is 4.42 Å². The summed E-state index contributed by atoms with van der Waals surface area (Å²) in [6.07, 6.45) is 6.31. The van der Waals surface area contributed by atoms with Crippen LogP contribution in [0.25, 0.3) is 0 Å². The van der Waals surface area contributed by atoms with Crippen molar-refractivity contribution in [1.82, 2.24) is 15.5 Å². The van der Waals surface area contributed by atoms with E-state index < -0.39 is 0 Å². The first-order chi connectivity index (χ1) is 7.40. The molecule has 0 aromatic carbocycles. The molecular weight excluding hydrogens is 192 g/mol. The summed E-state index contributed by atoms with van der Waals surface area (Å²) in [4.78, 5) is 0. The molecule has 2 fully saturated rings. The van der Waals surface area contributed by atoms with E-state index in [1.807, 2.05) is 0 Å². The topological polar surface area (TPSA) is 63.0 Å². The average molecular weight is 208 g/mol. The first-order valence-electron chi connectivity index (χ1n) is 5.72. The van der Waals surface area contributed by atoms with Crippen LogP contribution in [0.1, 0.15) is 38.0 Å². The molecule has 15 heavy (non-hydrogen) atoms. The number of hydrogen-bond acceptors (Lipinski definition) is 5. The number of nitrogens with one attached hydrogen (secondary N) is 2. The highest BCUT2D eigenvalue weighted by atomic mass is 16.4. The van der Waals surface area contributed by atoms with Crippen LogP contribution in [0.15, 0.2) is 4.42 Å². The van der Waals surface area contributed by atoms with Gasteiger partial charge in [-0.05, 0) is 32.1 Å². The Morgan fingerprint density at radius 1 is 1.13 bits per heavy atom. The van der Waals surface area contributed by atoms with Gasteiger partial charge in [0.15, 0.2) is 0 Å². The van der Waals surface area contributed by atoms with Crippen molar-refractivity contribution in [1.29, 1.82) is 0 Å². The highest BCUT2D eigenvalue weighted by Crippen LogP contribution is 2.23. The molecule has 1 aromatic rings. The van der Waals surface area contributed by atoms with E-state index in [-0.39, 0.29) is 0 Å². The van der Waals surface area contributed by atoms with Crippen LogP contribution in [-0.2, 0) is 6.54 Å². The van der Waals surface area contributed by atoms with Crippen LogP contribution in [0, 0.1) is 0 Å². The summed E-state index contributed by atoms with van der Waals surface area (Å²) in [5, 5.41) is 14.5. The largest absolute Gasteiger partial charge is 0.407 e. The molecule has 1 heterocycles. The third-order valence-corrected chi connectivity index (χ3v) is 3.02. The Morgan fingerprint density at radius 2 is 2.00 bits per heavy atom. The number of nitrogens with zero attached hydrogens (tertiary/aromatic N) is 2. The van der Waals surface area contributed by atoms with E-state index >= 15 is 0 Å². The predicted molar refractivity (Wildman–Crippen MR) is 55.4 cm³/mol. The molecule has 2 aliphatic carbocycles. The van der Waals surface area contributed by atoms with Crippen LogP contribution >= 0.6 is 0 Å². The van der Waals surface area contributed by atoms with Gasteiger partial charge in [0, 0.05) is 12.1 Å². The molecule has 0 spiro atoms. The molecule has 0 unspecified atom stereocenters. The Balaban J connectivity index is 1.50. The van der Waals surface area contributed by atoms with Gasteiger partial charge in [-0.25, -0.2) is 0 Å². The fourth-order valence-electron chi connectivity index (χ4n) is 1.63. The van der Waals surface area contributed by atoms with Crippen molar-refractivity contribution in [3.05, 3.63) is 5.89 Å². The zero-order valence-corrected chi connectivity index (χ0v) is 8.70. The van der Waals surface area contributed by atoms with Gasteiger partial charge in [-0.1, -0.05) is 5.10 Å². The zero-order chi connectivity index (χ0) is 10.1. The van der Waals surface area contributed by atoms with Gasteiger partial charge in [-0.2, -0.15) is 0 Å². The van der Waals surface area contributed by atoms with Gasteiger partial charge in [0.25, 0.3) is 0 Å². The van der Waals surface area contributed by atoms with Gasteiger partial charge in [0.1, 0.15) is 0 Å². The van der Waals surface area contributed by atoms with Crippen molar-refractivity contribution >= 4 is 6.01 Å². The van der Waals surface area contributed by atoms with E-state index in [1.54, 1.807) is 0 Å². The van der Waals surface area contributed by atoms with Crippen molar-refractivity contribution < 1.29 is 4.42 Å². The monoisotopic (exact) mass is 208 g/mol. The van der Waals surface area contributed by atoms with Crippen molar-refractivity contribution in [2.45, 2.75) is 50.7 Å². The molecule has 0 amide bonds. The maximum atomic E-state index is 5.47. The van der Waals surface area contributed by atoms with Crippen LogP contribution in [0.4, 0.5) is 6.01 Å². The lowest BCUT2D eigenvalue weighted by molar-refractivity contribution is 0.418. The second-order valence-electron chi connectivity index (χ2n) is 4.43. The van der Waals surface area contributed by atoms with E-state index in [2.05, 4.69) is 20.8 Å². The van der Waals surface area contributed by atoms with Crippen molar-refractivity contribution in [2.75, 3.05) is 5.32 Å². The molecule has 5 nitrogen and oxygen atoms in total. The molecule has 5 heteroatoms. The third-order valence-electron chi connectivity index (χ3n) is 3.02. The zero-order valence-electron chi connectivity index (χ0n) is 8.70. The minimum atomic E-state index is 0.551. The normalized spacial score (nSPS) is 21.3. The maximum absolute atomic E-state index is 5.47. The highest BCUT2D eigenvalue weighted by molar-refractivity contribution is 5.20. The average Bonchev–Trinajstić information content (AvgIpc) is 2.89. The Kier molecular flexibility index (Phi) is 2.32. The van der Waals surface area contributed by atoms with Gasteiger partial charge < -0.3 is 15.1 Å². The SMILES string of the molecule is C1CC(Nc2nnc(CNC3CC3)o2)C1. The second-order valence-corrected chi connectivity index (χ2v) is 4.43. The van der Waals surface area contributed by atoms with Crippen molar-refractivity contribution in [3.63, 3.8) is 0 Å². The molecule has 1 aromatic heterocycles. The molecule has 0 radical (unpaired) electrons. The molecule has 2 aliphatic rings. The number of rotatable bonds is 5. The van der Waals surface area contributed by atoms with Gasteiger partial charge in [0.2, 0.25) is 5.89 Å². The Bertz CT molecular complexity index is 330. The summed E-state index contributed by atoms with van der Waals surface area (Å²) >= 11 is 0. The van der Waals surface area contributed by atoms with Crippen LogP contribution in [0.5, 0.6) is 0 Å². The van der Waals surface area contributed by atoms with E-state index in [0.29, 0.717) is 30.5 Å². The van der Waals surface area contributed by atoms with Gasteiger partial charge in [-0.15, -0.1) is 5.10 Å². The summed E-state index contributed by atoms with van der Waals surface area (Å²) < 4.78 is 5.47. The van der Waals surface area contributed by atoms with Crippen molar-refractivity contribution in [3.8, 4) is 0 Å². The first-order valence-corrected chi connectivity index (χ1v) is 5.72. The van der Waals surface area contributed by atoms with E-state index in [9.17, 15) is 0 Å². The maximum Gasteiger partial charge on any atom is 0.315 e. The van der Waals surface area contributed by atoms with Gasteiger partial charge in [-0.3, -0.25) is 0 Å². The fourth-order valence-corrected chi connectivity index (χ4v) is 1.63. The molecule has 0 saturated heterocycles. The van der Waals surface area contributed by atoms with Crippen LogP contribution in [0.3, 0.4) is 0 Å². The number of hydrogen-bond donors (Lipinski definition) is 2. The van der Waals surface area contributed by atoms with Crippen LogP contribution in [-0.4, -0.2) is 22.3 Å². The standard InChI is InChI=1S/C10H16N4O/c1-2-8(3-1)12-10-14-13-9(15-10)6-11-7-4-5-7/h7-8,11H,1-6H2,(H,12,14). The minimum absolute atomic E-state index is 0.551. The Morgan fingerprint density at radius 3 is 2.67 bits per heavy atom. The molecule has 82 valence electrons. The van der Waals surface area contributed by atoms with Crippen LogP contribution < -0.4 is 10.6 Å². The quantitative estimate of drug-likeness (QED) is 0.763. The molecule has 2 N–H and O–H groups in total. The van der Waals surface area contributed by atoms with Crippen molar-refractivity contribution in [2.24, 2.45) is 0 Å². The Labute approximate surface area is 88.6 Å². The van der Waals surface area contributed by atoms with Crippen LogP contribution in [0.2, 0.25) is 0 Å². The van der Waals surface area contributed by atoms with E-state index in [0.717, 1.165) is 0 Å². The summed E-state index contributed by atoms with van der Waals surface area (Å²) in [6, 6.07) is 1.81. The molecule has 0 atom stereocenters. The van der Waals surface area contributed by atoms with Gasteiger partial charge in [0.05, 0.1) is 6.54 Å². The molecular formula is C10H16N4O. The second kappa shape index (κ2) is 3.81. The van der Waals surface area contributed by atoms with Gasteiger partial charge >= 0.3 is 6.01 Å². The first kappa shape index (κ1) is 9.15. The lowest BCUT2D eigenvalue weighted by Crippen LogP contribution is -2.27. The third kappa shape index (κ3) is 2.28. The number of aromatic nitrogens is 2. The summed E-state index contributed by atoms with van der Waals surface area (Å²) in [5.41, 5.74) is 0. The summed E-state index contributed by atoms with van der Waals surface area (Å²) in [6.45, 7) is 0.698. The molecule has 0 aliphatic heterocycles. The fraction of sp³-hybridized carbons (Fsp3) is 0.800. The highest BCUT2D eigenvalue weighted by Gasteiger charge is 2.22. The minimum Gasteiger partial charge on any atom is -0.407 e. The smallest absolute Gasteiger partial charge is 0.315 e. The lowest BCUT2D eigenvalue weighted by Gasteiger charge is -2.24. The van der Waals surface area contributed by atoms with E-state index in [1.165, 1.54) is 32.1 Å². The Hall–Kier alpha value is -1.10. The molecule has 0 bridgehead atoms. The summed E-state index contributed by atoms with van der Waals surface area (Å²) in [5.74, 6) is 0.684.